The quantitative estimate of drug-likeness (QED) is 0.919. The summed E-state index contributed by atoms with van der Waals surface area (Å²) < 4.78 is 18.5. The molecule has 3 rings (SSSR count). The lowest BCUT2D eigenvalue weighted by molar-refractivity contribution is 0.186. The minimum Gasteiger partial charge on any atom is -0.472 e. The number of benzene rings is 1. The highest BCUT2D eigenvalue weighted by atomic mass is 19.1. The van der Waals surface area contributed by atoms with E-state index >= 15 is 0 Å². The van der Waals surface area contributed by atoms with Gasteiger partial charge in [0, 0.05) is 5.56 Å². The lowest BCUT2D eigenvalue weighted by atomic mass is 10.2. The molecule has 2 aromatic rings. The average Bonchev–Trinajstić information content (AvgIpc) is 2.94. The van der Waals surface area contributed by atoms with Crippen molar-refractivity contribution in [1.29, 1.82) is 0 Å². The normalized spacial score (nSPS) is 18.5. The molecule has 1 aromatic heterocycles. The zero-order valence-corrected chi connectivity index (χ0v) is 10.3. The second-order valence-corrected chi connectivity index (χ2v) is 4.45. The fourth-order valence-electron chi connectivity index (χ4n) is 2.04. The molecule has 1 aliphatic heterocycles. The van der Waals surface area contributed by atoms with Crippen LogP contribution in [0.25, 0.3) is 11.4 Å². The highest BCUT2D eigenvalue weighted by Crippen LogP contribution is 2.18. The molecular formula is C14H14FN3O. The lowest BCUT2D eigenvalue weighted by Gasteiger charge is -2.12. The summed E-state index contributed by atoms with van der Waals surface area (Å²) >= 11 is 0. The summed E-state index contributed by atoms with van der Waals surface area (Å²) in [7, 11) is 0. The first-order valence-corrected chi connectivity index (χ1v) is 6.29. The van der Waals surface area contributed by atoms with E-state index < -0.39 is 0 Å². The number of rotatable bonds is 3. The summed E-state index contributed by atoms with van der Waals surface area (Å²) in [5, 5.41) is 3.24. The highest BCUT2D eigenvalue weighted by molar-refractivity contribution is 5.54. The van der Waals surface area contributed by atoms with Gasteiger partial charge in [0.1, 0.15) is 12.0 Å². The Morgan fingerprint density at radius 2 is 1.89 bits per heavy atom. The van der Waals surface area contributed by atoms with Crippen molar-refractivity contribution < 1.29 is 9.13 Å². The number of nitrogens with one attached hydrogen (secondary N) is 1. The van der Waals surface area contributed by atoms with E-state index in [0.29, 0.717) is 11.6 Å². The highest BCUT2D eigenvalue weighted by Gasteiger charge is 2.15. The van der Waals surface area contributed by atoms with Gasteiger partial charge in [-0.05, 0) is 43.7 Å². The number of halogens is 1. The van der Waals surface area contributed by atoms with Crippen molar-refractivity contribution in [3.05, 3.63) is 42.5 Å². The fourth-order valence-corrected chi connectivity index (χ4v) is 2.04. The maximum absolute atomic E-state index is 12.8. The van der Waals surface area contributed by atoms with Crippen molar-refractivity contribution in [3.8, 4) is 17.1 Å². The predicted molar refractivity (Wildman–Crippen MR) is 69.1 cm³/mol. The van der Waals surface area contributed by atoms with E-state index in [1.165, 1.54) is 12.1 Å². The molecule has 1 N–H and O–H groups in total. The third-order valence-electron chi connectivity index (χ3n) is 3.02. The summed E-state index contributed by atoms with van der Waals surface area (Å²) in [5.74, 6) is 0.938. The van der Waals surface area contributed by atoms with Gasteiger partial charge in [-0.1, -0.05) is 0 Å². The van der Waals surface area contributed by atoms with Gasteiger partial charge in [0.25, 0.3) is 0 Å². The molecule has 1 fully saturated rings. The first-order chi connectivity index (χ1) is 9.31. The van der Waals surface area contributed by atoms with Crippen molar-refractivity contribution in [2.24, 2.45) is 0 Å². The van der Waals surface area contributed by atoms with Gasteiger partial charge in [0.2, 0.25) is 0 Å². The van der Waals surface area contributed by atoms with E-state index in [1.54, 1.807) is 24.5 Å². The maximum Gasteiger partial charge on any atom is 0.159 e. The van der Waals surface area contributed by atoms with Gasteiger partial charge in [0.15, 0.2) is 11.6 Å². The van der Waals surface area contributed by atoms with Gasteiger partial charge < -0.3 is 4.74 Å². The Hall–Kier alpha value is -2.01. The van der Waals surface area contributed by atoms with Crippen molar-refractivity contribution in [3.63, 3.8) is 0 Å². The number of hydrogen-bond donors (Lipinski definition) is 1. The van der Waals surface area contributed by atoms with Crippen molar-refractivity contribution >= 4 is 0 Å². The van der Waals surface area contributed by atoms with Crippen molar-refractivity contribution in [2.75, 3.05) is 6.54 Å². The van der Waals surface area contributed by atoms with Crippen LogP contribution in [-0.4, -0.2) is 22.7 Å². The van der Waals surface area contributed by atoms with E-state index in [0.717, 1.165) is 24.9 Å². The molecular weight excluding hydrogens is 245 g/mol. The van der Waals surface area contributed by atoms with Crippen molar-refractivity contribution in [1.82, 2.24) is 15.3 Å². The van der Waals surface area contributed by atoms with Gasteiger partial charge in [-0.15, -0.1) is 0 Å². The molecule has 0 aliphatic carbocycles. The SMILES string of the molecule is Fc1ccc(-c2ncc(OC3CCCN3)cn2)cc1. The van der Waals surface area contributed by atoms with Crippen molar-refractivity contribution in [2.45, 2.75) is 19.1 Å². The maximum atomic E-state index is 12.8. The fraction of sp³-hybridized carbons (Fsp3) is 0.286. The Balaban J connectivity index is 1.72. The van der Waals surface area contributed by atoms with E-state index in [-0.39, 0.29) is 12.0 Å². The third kappa shape index (κ3) is 2.88. The Bertz CT molecular complexity index is 536. The van der Waals surface area contributed by atoms with Crippen LogP contribution in [0.3, 0.4) is 0 Å². The van der Waals surface area contributed by atoms with Gasteiger partial charge in [-0.2, -0.15) is 0 Å². The van der Waals surface area contributed by atoms with Crippen LogP contribution >= 0.6 is 0 Å². The Kier molecular flexibility index (Phi) is 3.37. The first kappa shape index (κ1) is 12.0. The van der Waals surface area contributed by atoms with Gasteiger partial charge in [-0.3, -0.25) is 5.32 Å². The second kappa shape index (κ2) is 5.32. The minimum absolute atomic E-state index is 0.0558. The zero-order chi connectivity index (χ0) is 13.1. The standard InChI is InChI=1S/C14H14FN3O/c15-11-5-3-10(4-6-11)14-17-8-12(9-18-14)19-13-2-1-7-16-13/h3-6,8-9,13,16H,1-2,7H2. The molecule has 0 bridgehead atoms. The molecule has 1 aliphatic rings. The van der Waals surface area contributed by atoms with Crippen LogP contribution in [0.5, 0.6) is 5.75 Å². The van der Waals surface area contributed by atoms with Gasteiger partial charge in [-0.25, -0.2) is 14.4 Å². The number of ether oxygens (including phenoxy) is 1. The molecule has 5 heteroatoms. The molecule has 98 valence electrons. The lowest BCUT2D eigenvalue weighted by Crippen LogP contribution is -2.27. The Morgan fingerprint density at radius 3 is 2.53 bits per heavy atom. The van der Waals surface area contributed by atoms with E-state index in [9.17, 15) is 4.39 Å². The first-order valence-electron chi connectivity index (χ1n) is 6.29. The van der Waals surface area contributed by atoms with Crippen LogP contribution in [-0.2, 0) is 0 Å². The largest absolute Gasteiger partial charge is 0.472 e. The van der Waals surface area contributed by atoms with Crippen LogP contribution < -0.4 is 10.1 Å². The van der Waals surface area contributed by atoms with E-state index in [1.807, 2.05) is 0 Å². The number of nitrogens with zero attached hydrogens (tertiary/aromatic N) is 2. The molecule has 0 amide bonds. The summed E-state index contributed by atoms with van der Waals surface area (Å²) in [6, 6.07) is 6.10. The smallest absolute Gasteiger partial charge is 0.159 e. The summed E-state index contributed by atoms with van der Waals surface area (Å²) in [4.78, 5) is 8.47. The molecule has 1 saturated heterocycles. The molecule has 0 spiro atoms. The monoisotopic (exact) mass is 259 g/mol. The summed E-state index contributed by atoms with van der Waals surface area (Å²) in [6.07, 6.45) is 5.47. The van der Waals surface area contributed by atoms with Crippen LogP contribution in [0.2, 0.25) is 0 Å². The Labute approximate surface area is 110 Å². The van der Waals surface area contributed by atoms with E-state index in [2.05, 4.69) is 15.3 Å². The van der Waals surface area contributed by atoms with Gasteiger partial charge >= 0.3 is 0 Å². The molecule has 0 radical (unpaired) electrons. The third-order valence-corrected chi connectivity index (χ3v) is 3.02. The van der Waals surface area contributed by atoms with Gasteiger partial charge in [0.05, 0.1) is 12.4 Å². The zero-order valence-electron chi connectivity index (χ0n) is 10.3. The number of aromatic nitrogens is 2. The number of hydrogen-bond acceptors (Lipinski definition) is 4. The molecule has 1 aromatic carbocycles. The molecule has 2 heterocycles. The van der Waals surface area contributed by atoms with Crippen LogP contribution in [0, 0.1) is 5.82 Å². The topological polar surface area (TPSA) is 47.0 Å². The minimum atomic E-state index is -0.268. The predicted octanol–water partition coefficient (Wildman–Crippen LogP) is 2.37. The summed E-state index contributed by atoms with van der Waals surface area (Å²) in [5.41, 5.74) is 0.784. The van der Waals surface area contributed by atoms with E-state index in [4.69, 9.17) is 4.74 Å². The van der Waals surface area contributed by atoms with Crippen LogP contribution in [0.15, 0.2) is 36.7 Å². The summed E-state index contributed by atoms with van der Waals surface area (Å²) in [6.45, 7) is 0.985. The molecule has 4 nitrogen and oxygen atoms in total. The second-order valence-electron chi connectivity index (χ2n) is 4.45. The molecule has 0 saturated carbocycles. The van der Waals surface area contributed by atoms with Crippen LogP contribution in [0.1, 0.15) is 12.8 Å². The molecule has 1 unspecified atom stereocenters. The average molecular weight is 259 g/mol. The van der Waals surface area contributed by atoms with Crippen LogP contribution in [0.4, 0.5) is 4.39 Å². The Morgan fingerprint density at radius 1 is 1.16 bits per heavy atom. The molecule has 1 atom stereocenters. The molecule has 19 heavy (non-hydrogen) atoms.